The summed E-state index contributed by atoms with van der Waals surface area (Å²) in [4.78, 5) is 11.0. The number of nitrogens with one attached hydrogen (secondary N) is 1. The topological polar surface area (TPSA) is 38.3 Å². The minimum absolute atomic E-state index is 0.0471. The largest absolute Gasteiger partial charge is 0.494 e. The molecule has 0 aliphatic rings. The van der Waals surface area contributed by atoms with Crippen molar-refractivity contribution in [1.29, 1.82) is 0 Å². The average molecular weight is 239 g/mol. The van der Waals surface area contributed by atoms with Crippen molar-refractivity contribution in [2.75, 3.05) is 13.7 Å². The highest BCUT2D eigenvalue weighted by atomic mass is 19.1. The Kier molecular flexibility index (Phi) is 5.46. The lowest BCUT2D eigenvalue weighted by Crippen LogP contribution is -2.23. The quantitative estimate of drug-likeness (QED) is 0.773. The molecule has 1 aromatic carbocycles. The minimum atomic E-state index is -0.345. The van der Waals surface area contributed by atoms with Gasteiger partial charge in [-0.15, -0.1) is 0 Å². The summed E-state index contributed by atoms with van der Waals surface area (Å²) >= 11 is 0. The Balaban J connectivity index is 2.37. The van der Waals surface area contributed by atoms with Gasteiger partial charge in [-0.2, -0.15) is 0 Å². The van der Waals surface area contributed by atoms with Gasteiger partial charge in [0, 0.05) is 13.0 Å². The van der Waals surface area contributed by atoms with Gasteiger partial charge < -0.3 is 10.1 Å². The standard InChI is InChI=1S/C13H18FNO2/c1-3-13(16)15-8-4-5-10-6-7-12(17-2)11(14)9-10/h6-7,9H,3-5,8H2,1-2H3,(H,15,16). The normalized spacial score (nSPS) is 10.1. The molecule has 94 valence electrons. The summed E-state index contributed by atoms with van der Waals surface area (Å²) in [6, 6.07) is 4.93. The van der Waals surface area contributed by atoms with Crippen LogP contribution in [-0.4, -0.2) is 19.6 Å². The highest BCUT2D eigenvalue weighted by molar-refractivity contribution is 5.75. The molecule has 0 heterocycles. The van der Waals surface area contributed by atoms with Crippen LogP contribution in [0.4, 0.5) is 4.39 Å². The highest BCUT2D eigenvalue weighted by Gasteiger charge is 2.03. The first-order chi connectivity index (χ1) is 8.17. The first-order valence-electron chi connectivity index (χ1n) is 5.76. The second kappa shape index (κ2) is 6.89. The Bertz CT molecular complexity index is 380. The molecule has 1 N–H and O–H groups in total. The molecule has 0 aromatic heterocycles. The van der Waals surface area contributed by atoms with Crippen LogP contribution >= 0.6 is 0 Å². The summed E-state index contributed by atoms with van der Waals surface area (Å²) in [6.07, 6.45) is 2.04. The zero-order valence-electron chi connectivity index (χ0n) is 10.3. The third-order valence-electron chi connectivity index (χ3n) is 2.50. The molecule has 0 atom stereocenters. The van der Waals surface area contributed by atoms with Crippen molar-refractivity contribution >= 4 is 5.91 Å². The molecule has 1 amide bonds. The van der Waals surface area contributed by atoms with Crippen LogP contribution in [0.2, 0.25) is 0 Å². The van der Waals surface area contributed by atoms with E-state index < -0.39 is 0 Å². The smallest absolute Gasteiger partial charge is 0.219 e. The van der Waals surface area contributed by atoms with Crippen molar-refractivity contribution in [1.82, 2.24) is 5.32 Å². The lowest BCUT2D eigenvalue weighted by molar-refractivity contribution is -0.120. The zero-order valence-corrected chi connectivity index (χ0v) is 10.3. The third-order valence-corrected chi connectivity index (χ3v) is 2.50. The molecule has 17 heavy (non-hydrogen) atoms. The molecule has 0 unspecified atom stereocenters. The van der Waals surface area contributed by atoms with E-state index in [2.05, 4.69) is 5.32 Å². The van der Waals surface area contributed by atoms with Gasteiger partial charge in [0.05, 0.1) is 7.11 Å². The van der Waals surface area contributed by atoms with Crippen LogP contribution in [0.3, 0.4) is 0 Å². The van der Waals surface area contributed by atoms with Gasteiger partial charge in [0.15, 0.2) is 11.6 Å². The second-order valence-corrected chi connectivity index (χ2v) is 3.78. The van der Waals surface area contributed by atoms with E-state index in [9.17, 15) is 9.18 Å². The fraction of sp³-hybridized carbons (Fsp3) is 0.462. The molecule has 0 aliphatic carbocycles. The Hall–Kier alpha value is -1.58. The molecule has 1 aromatic rings. The molecule has 0 saturated carbocycles. The maximum Gasteiger partial charge on any atom is 0.219 e. The minimum Gasteiger partial charge on any atom is -0.494 e. The molecule has 0 radical (unpaired) electrons. The number of benzene rings is 1. The van der Waals surface area contributed by atoms with Crippen LogP contribution in [0, 0.1) is 5.82 Å². The molecule has 0 bridgehead atoms. The molecule has 0 saturated heterocycles. The molecule has 1 rings (SSSR count). The van der Waals surface area contributed by atoms with Gasteiger partial charge >= 0.3 is 0 Å². The number of aryl methyl sites for hydroxylation is 1. The zero-order chi connectivity index (χ0) is 12.7. The van der Waals surface area contributed by atoms with E-state index in [-0.39, 0.29) is 17.5 Å². The predicted molar refractivity (Wildman–Crippen MR) is 64.6 cm³/mol. The Morgan fingerprint density at radius 3 is 2.82 bits per heavy atom. The fourth-order valence-electron chi connectivity index (χ4n) is 1.51. The first kappa shape index (κ1) is 13.5. The van der Waals surface area contributed by atoms with E-state index in [1.165, 1.54) is 13.2 Å². The van der Waals surface area contributed by atoms with Crippen molar-refractivity contribution in [2.24, 2.45) is 0 Å². The molecule has 0 spiro atoms. The maximum atomic E-state index is 13.3. The lowest BCUT2D eigenvalue weighted by Gasteiger charge is -2.06. The third kappa shape index (κ3) is 4.43. The summed E-state index contributed by atoms with van der Waals surface area (Å²) in [5.41, 5.74) is 0.911. The number of carbonyl (C=O) groups is 1. The van der Waals surface area contributed by atoms with Gasteiger partial charge in [-0.25, -0.2) is 4.39 Å². The summed E-state index contributed by atoms with van der Waals surface area (Å²) in [5.74, 6) is -0.0402. The Morgan fingerprint density at radius 1 is 1.47 bits per heavy atom. The van der Waals surface area contributed by atoms with Gasteiger partial charge in [-0.05, 0) is 30.5 Å². The monoisotopic (exact) mass is 239 g/mol. The molecule has 0 fully saturated rings. The number of hydrogen-bond acceptors (Lipinski definition) is 2. The molecule has 4 heteroatoms. The first-order valence-corrected chi connectivity index (χ1v) is 5.76. The molecule has 3 nitrogen and oxygen atoms in total. The van der Waals surface area contributed by atoms with E-state index in [4.69, 9.17) is 4.74 Å². The van der Waals surface area contributed by atoms with Crippen molar-refractivity contribution in [3.8, 4) is 5.75 Å². The van der Waals surface area contributed by atoms with Crippen LogP contribution in [0.1, 0.15) is 25.3 Å². The Morgan fingerprint density at radius 2 is 2.24 bits per heavy atom. The van der Waals surface area contributed by atoms with Crippen LogP contribution in [0.15, 0.2) is 18.2 Å². The van der Waals surface area contributed by atoms with E-state index in [1.807, 2.05) is 13.0 Å². The molecule has 0 aliphatic heterocycles. The van der Waals surface area contributed by atoms with Crippen molar-refractivity contribution in [3.05, 3.63) is 29.6 Å². The van der Waals surface area contributed by atoms with Gasteiger partial charge in [-0.1, -0.05) is 13.0 Å². The van der Waals surface area contributed by atoms with Crippen LogP contribution in [0.5, 0.6) is 5.75 Å². The maximum absolute atomic E-state index is 13.3. The number of methoxy groups -OCH3 is 1. The van der Waals surface area contributed by atoms with Gasteiger partial charge in [0.25, 0.3) is 0 Å². The van der Waals surface area contributed by atoms with Crippen molar-refractivity contribution in [2.45, 2.75) is 26.2 Å². The Labute approximate surface area is 101 Å². The second-order valence-electron chi connectivity index (χ2n) is 3.78. The number of ether oxygens (including phenoxy) is 1. The van der Waals surface area contributed by atoms with Gasteiger partial charge in [0.2, 0.25) is 5.91 Å². The van der Waals surface area contributed by atoms with E-state index in [1.54, 1.807) is 6.07 Å². The van der Waals surface area contributed by atoms with Gasteiger partial charge in [0.1, 0.15) is 0 Å². The average Bonchev–Trinajstić information content (AvgIpc) is 2.34. The molecular formula is C13H18FNO2. The summed E-state index contributed by atoms with van der Waals surface area (Å²) in [5, 5.41) is 2.78. The molecular weight excluding hydrogens is 221 g/mol. The number of hydrogen-bond donors (Lipinski definition) is 1. The van der Waals surface area contributed by atoms with Crippen LogP contribution in [0.25, 0.3) is 0 Å². The SMILES string of the molecule is CCC(=O)NCCCc1ccc(OC)c(F)c1. The van der Waals surface area contributed by atoms with Crippen LogP contribution in [-0.2, 0) is 11.2 Å². The number of halogens is 1. The predicted octanol–water partition coefficient (Wildman–Crippen LogP) is 2.29. The van der Waals surface area contributed by atoms with E-state index >= 15 is 0 Å². The lowest BCUT2D eigenvalue weighted by atomic mass is 10.1. The number of carbonyl (C=O) groups excluding carboxylic acids is 1. The fourth-order valence-corrected chi connectivity index (χ4v) is 1.51. The summed E-state index contributed by atoms with van der Waals surface area (Å²) in [6.45, 7) is 2.44. The highest BCUT2D eigenvalue weighted by Crippen LogP contribution is 2.18. The summed E-state index contributed by atoms with van der Waals surface area (Å²) < 4.78 is 18.2. The number of rotatable bonds is 6. The summed E-state index contributed by atoms with van der Waals surface area (Å²) in [7, 11) is 1.44. The van der Waals surface area contributed by atoms with Gasteiger partial charge in [-0.3, -0.25) is 4.79 Å². The number of amides is 1. The van der Waals surface area contributed by atoms with Crippen molar-refractivity contribution in [3.63, 3.8) is 0 Å². The van der Waals surface area contributed by atoms with Crippen LogP contribution < -0.4 is 10.1 Å². The van der Waals surface area contributed by atoms with E-state index in [0.29, 0.717) is 13.0 Å². The van der Waals surface area contributed by atoms with Crippen molar-refractivity contribution < 1.29 is 13.9 Å². The van der Waals surface area contributed by atoms with E-state index in [0.717, 1.165) is 18.4 Å².